The molecule has 0 saturated carbocycles. The van der Waals surface area contributed by atoms with Crippen LogP contribution >= 0.6 is 23.2 Å². The third-order valence-electron chi connectivity index (χ3n) is 2.18. The molecule has 0 heterocycles. The van der Waals surface area contributed by atoms with Gasteiger partial charge in [0, 0.05) is 11.0 Å². The van der Waals surface area contributed by atoms with E-state index in [1.165, 1.54) is 6.08 Å². The van der Waals surface area contributed by atoms with E-state index >= 15 is 0 Å². The predicted molar refractivity (Wildman–Crippen MR) is 40.1 cm³/mol. The van der Waals surface area contributed by atoms with Crippen molar-refractivity contribution >= 4 is 23.2 Å². The zero-order valence-electron chi connectivity index (χ0n) is 5.62. The number of allylic oxidation sites excluding steroid dienone is 4. The lowest BCUT2D eigenvalue weighted by atomic mass is 9.66. The van der Waals surface area contributed by atoms with E-state index in [2.05, 4.69) is 0 Å². The minimum atomic E-state index is -4.39. The van der Waals surface area contributed by atoms with Gasteiger partial charge in [-0.05, 0) is 11.6 Å². The fraction of sp³-hybridized carbons (Fsp3) is 0.429. The van der Waals surface area contributed by atoms with Gasteiger partial charge in [-0.15, -0.1) is 11.6 Å². The second-order valence-corrected chi connectivity index (χ2v) is 3.89. The van der Waals surface area contributed by atoms with Crippen LogP contribution in [0.5, 0.6) is 0 Å². The summed E-state index contributed by atoms with van der Waals surface area (Å²) in [5, 5.41) is 0.389. The maximum atomic E-state index is 12.2. The van der Waals surface area contributed by atoms with Gasteiger partial charge in [-0.25, -0.2) is 0 Å². The lowest BCUT2D eigenvalue weighted by molar-refractivity contribution is -0.162. The number of rotatable bonds is 0. The van der Waals surface area contributed by atoms with Crippen LogP contribution in [-0.4, -0.2) is 11.1 Å². The third kappa shape index (κ3) is 0.761. The lowest BCUT2D eigenvalue weighted by Crippen LogP contribution is -2.54. The highest BCUT2D eigenvalue weighted by molar-refractivity contribution is 6.36. The SMILES string of the molecule is FC(F)(F)[C@]1(Cl)C=C2C(Cl)=C[C@H]21. The Morgan fingerprint density at radius 2 is 2.00 bits per heavy atom. The van der Waals surface area contributed by atoms with Gasteiger partial charge in [-0.1, -0.05) is 17.7 Å². The molecule has 12 heavy (non-hydrogen) atoms. The molecule has 2 aliphatic rings. The van der Waals surface area contributed by atoms with Gasteiger partial charge in [-0.2, -0.15) is 13.2 Å². The third-order valence-corrected chi connectivity index (χ3v) is 3.08. The second-order valence-electron chi connectivity index (χ2n) is 2.86. The molecule has 66 valence electrons. The topological polar surface area (TPSA) is 0 Å². The first-order chi connectivity index (χ1) is 5.36. The van der Waals surface area contributed by atoms with Gasteiger partial charge in [-0.3, -0.25) is 0 Å². The molecule has 0 aromatic carbocycles. The molecular weight excluding hydrogens is 212 g/mol. The molecule has 0 aromatic rings. The van der Waals surface area contributed by atoms with E-state index in [0.717, 1.165) is 6.08 Å². The molecule has 0 radical (unpaired) electrons. The van der Waals surface area contributed by atoms with Crippen LogP contribution in [0.4, 0.5) is 13.2 Å². The van der Waals surface area contributed by atoms with Crippen LogP contribution in [0.25, 0.3) is 0 Å². The van der Waals surface area contributed by atoms with Crippen molar-refractivity contribution < 1.29 is 13.2 Å². The molecule has 2 aliphatic carbocycles. The van der Waals surface area contributed by atoms with Crippen molar-refractivity contribution in [1.82, 2.24) is 0 Å². The van der Waals surface area contributed by atoms with Gasteiger partial charge in [0.2, 0.25) is 0 Å². The molecule has 0 nitrogen and oxygen atoms in total. The first-order valence-corrected chi connectivity index (χ1v) is 3.98. The Morgan fingerprint density at radius 3 is 2.25 bits per heavy atom. The highest BCUT2D eigenvalue weighted by Crippen LogP contribution is 2.60. The van der Waals surface area contributed by atoms with Gasteiger partial charge in [0.1, 0.15) is 0 Å². The maximum Gasteiger partial charge on any atom is 0.412 e. The average Bonchev–Trinajstić information content (AvgIpc) is 1.92. The van der Waals surface area contributed by atoms with E-state index in [1.54, 1.807) is 0 Å². The van der Waals surface area contributed by atoms with Crippen LogP contribution in [0.1, 0.15) is 0 Å². The standard InChI is InChI=1S/C7H3Cl2F3/c8-5-1-4-3(5)2-6(4,9)7(10,11)12/h1-2,4H/t4-,6+/m1/s1. The van der Waals surface area contributed by atoms with Crippen molar-refractivity contribution in [1.29, 1.82) is 0 Å². The fourth-order valence-electron chi connectivity index (χ4n) is 1.37. The van der Waals surface area contributed by atoms with Gasteiger partial charge in [0.15, 0.2) is 4.87 Å². The molecular formula is C7H3Cl2F3. The van der Waals surface area contributed by atoms with Crippen LogP contribution < -0.4 is 0 Å². The van der Waals surface area contributed by atoms with Gasteiger partial charge in [0.05, 0.1) is 0 Å². The van der Waals surface area contributed by atoms with E-state index in [4.69, 9.17) is 23.2 Å². The fourth-order valence-corrected chi connectivity index (χ4v) is 1.97. The first-order valence-electron chi connectivity index (χ1n) is 3.22. The molecule has 0 bridgehead atoms. The van der Waals surface area contributed by atoms with E-state index in [0.29, 0.717) is 10.6 Å². The summed E-state index contributed by atoms with van der Waals surface area (Å²) in [6, 6.07) is 0. The minimum Gasteiger partial charge on any atom is -0.169 e. The van der Waals surface area contributed by atoms with E-state index in [-0.39, 0.29) is 0 Å². The van der Waals surface area contributed by atoms with Crippen molar-refractivity contribution in [3.63, 3.8) is 0 Å². The number of hydrogen-bond acceptors (Lipinski definition) is 0. The summed E-state index contributed by atoms with van der Waals surface area (Å²) in [5.41, 5.74) is 0.518. The zero-order chi connectivity index (χ0) is 9.15. The van der Waals surface area contributed by atoms with Gasteiger partial charge in [0.25, 0.3) is 0 Å². The highest BCUT2D eigenvalue weighted by Gasteiger charge is 2.65. The molecule has 2 rings (SSSR count). The summed E-state index contributed by atoms with van der Waals surface area (Å²) >= 11 is 10.8. The van der Waals surface area contributed by atoms with Crippen LogP contribution in [-0.2, 0) is 0 Å². The highest BCUT2D eigenvalue weighted by atomic mass is 35.5. The Kier molecular flexibility index (Phi) is 1.42. The van der Waals surface area contributed by atoms with Crippen molar-refractivity contribution in [3.8, 4) is 0 Å². The number of alkyl halides is 4. The monoisotopic (exact) mass is 214 g/mol. The Morgan fingerprint density at radius 1 is 1.42 bits per heavy atom. The van der Waals surface area contributed by atoms with E-state index in [9.17, 15) is 13.2 Å². The molecule has 0 amide bonds. The summed E-state index contributed by atoms with van der Waals surface area (Å²) in [5.74, 6) is -0.730. The summed E-state index contributed by atoms with van der Waals surface area (Å²) in [7, 11) is 0. The first kappa shape index (κ1) is 8.45. The number of fused-ring (bicyclic) bond motifs is 1. The minimum absolute atomic E-state index is 0.389. The van der Waals surface area contributed by atoms with Crippen molar-refractivity contribution in [2.24, 2.45) is 5.92 Å². The van der Waals surface area contributed by atoms with Gasteiger partial charge >= 0.3 is 6.18 Å². The Labute approximate surface area is 76.6 Å². The zero-order valence-corrected chi connectivity index (χ0v) is 7.13. The quantitative estimate of drug-likeness (QED) is 0.544. The van der Waals surface area contributed by atoms with Crippen molar-refractivity contribution in [2.45, 2.75) is 11.1 Å². The van der Waals surface area contributed by atoms with Crippen LogP contribution in [0.2, 0.25) is 0 Å². The summed E-state index contributed by atoms with van der Waals surface area (Å²) in [6.07, 6.45) is -2.09. The molecule has 0 fully saturated rings. The van der Waals surface area contributed by atoms with Crippen LogP contribution in [0, 0.1) is 5.92 Å². The molecule has 2 atom stereocenters. The maximum absolute atomic E-state index is 12.2. The predicted octanol–water partition coefficient (Wildman–Crippen LogP) is 3.22. The summed E-state index contributed by atoms with van der Waals surface area (Å²) in [4.78, 5) is -2.19. The van der Waals surface area contributed by atoms with E-state index in [1.807, 2.05) is 0 Å². The van der Waals surface area contributed by atoms with Gasteiger partial charge < -0.3 is 0 Å². The average molecular weight is 215 g/mol. The number of hydrogen-bond donors (Lipinski definition) is 0. The van der Waals surface area contributed by atoms with Crippen molar-refractivity contribution in [3.05, 3.63) is 22.8 Å². The second kappa shape index (κ2) is 2.02. The smallest absolute Gasteiger partial charge is 0.169 e. The Hall–Kier alpha value is -0.150. The van der Waals surface area contributed by atoms with Crippen LogP contribution in [0.3, 0.4) is 0 Å². The molecule has 5 heteroatoms. The summed E-state index contributed by atoms with van der Waals surface area (Å²) in [6.45, 7) is 0. The molecule has 0 unspecified atom stereocenters. The largest absolute Gasteiger partial charge is 0.412 e. The van der Waals surface area contributed by atoms with Crippen LogP contribution in [0.15, 0.2) is 22.8 Å². The van der Waals surface area contributed by atoms with E-state index < -0.39 is 17.0 Å². The van der Waals surface area contributed by atoms with Crippen molar-refractivity contribution in [2.75, 3.05) is 0 Å². The molecule has 0 aliphatic heterocycles. The Balaban J connectivity index is 2.29. The lowest BCUT2D eigenvalue weighted by Gasteiger charge is -2.47. The molecule has 0 aromatic heterocycles. The Bertz CT molecular complexity index is 302. The number of halogens is 5. The molecule has 0 N–H and O–H groups in total. The molecule has 0 spiro atoms. The molecule has 0 saturated heterocycles. The normalized spacial score (nSPS) is 38.9. The summed E-state index contributed by atoms with van der Waals surface area (Å²) < 4.78 is 36.7.